The summed E-state index contributed by atoms with van der Waals surface area (Å²) in [7, 11) is -14.4. The summed E-state index contributed by atoms with van der Waals surface area (Å²) in [6.45, 7) is -0.360. The van der Waals surface area contributed by atoms with E-state index >= 15 is 0 Å². The van der Waals surface area contributed by atoms with Crippen LogP contribution >= 0.6 is 0 Å². The van der Waals surface area contributed by atoms with E-state index in [-0.39, 0.29) is 47.0 Å². The molecule has 274 valence electrons. The van der Waals surface area contributed by atoms with Crippen molar-refractivity contribution in [2.45, 2.75) is 41.9 Å². The summed E-state index contributed by atoms with van der Waals surface area (Å²) >= 11 is 0. The van der Waals surface area contributed by atoms with Crippen molar-refractivity contribution in [3.63, 3.8) is 0 Å². The zero-order chi connectivity index (χ0) is 37.9. The molecule has 4 rings (SSSR count). The molecule has 1 aliphatic heterocycles. The molecule has 0 fully saturated rings. The van der Waals surface area contributed by atoms with Gasteiger partial charge >= 0.3 is 11.9 Å². The Hall–Kier alpha value is -4.93. The zero-order valence-electron chi connectivity index (χ0n) is 26.4. The van der Waals surface area contributed by atoms with Crippen molar-refractivity contribution in [2.24, 2.45) is 0 Å². The van der Waals surface area contributed by atoms with Gasteiger partial charge in [0.1, 0.15) is 0 Å². The van der Waals surface area contributed by atoms with Gasteiger partial charge in [-0.3, -0.25) is 24.1 Å². The highest BCUT2D eigenvalue weighted by Gasteiger charge is 2.33. The van der Waals surface area contributed by atoms with E-state index in [9.17, 15) is 49.3 Å². The van der Waals surface area contributed by atoms with Gasteiger partial charge in [0.05, 0.1) is 17.0 Å². The third-order valence-electron chi connectivity index (χ3n) is 7.56. The molecule has 0 bridgehead atoms. The van der Waals surface area contributed by atoms with E-state index in [1.165, 1.54) is 24.3 Å². The minimum Gasteiger partial charge on any atom is -0.481 e. The number of hydrogen-bond acceptors (Lipinski definition) is 11. The van der Waals surface area contributed by atoms with Gasteiger partial charge in [-0.15, -0.1) is 0 Å². The van der Waals surface area contributed by atoms with Crippen molar-refractivity contribution in [1.82, 2.24) is 10.0 Å². The topological polar surface area (TPSA) is 323 Å². The molecule has 2 aromatic rings. The van der Waals surface area contributed by atoms with Crippen LogP contribution in [0.2, 0.25) is 0 Å². The highest BCUT2D eigenvalue weighted by atomic mass is 32.2. The molecule has 2 aliphatic rings. The second-order valence-corrected chi connectivity index (χ2v) is 15.9. The lowest BCUT2D eigenvalue weighted by atomic mass is 9.89. The second kappa shape index (κ2) is 15.1. The molecule has 1 amide bonds. The van der Waals surface area contributed by atoms with Gasteiger partial charge in [-0.25, -0.2) is 17.9 Å². The Morgan fingerprint density at radius 3 is 2.16 bits per heavy atom. The summed E-state index contributed by atoms with van der Waals surface area (Å²) in [5, 5.41) is 27.1. The number of carbonyl (C=O) groups is 3. The number of aliphatic carboxylic acids is 1. The maximum absolute atomic E-state index is 13.6. The largest absolute Gasteiger partial charge is 0.481 e. The molecule has 0 spiro atoms. The summed E-state index contributed by atoms with van der Waals surface area (Å²) in [5.74, 6) is -4.51. The first-order valence-corrected chi connectivity index (χ1v) is 19.5. The van der Waals surface area contributed by atoms with Crippen LogP contribution in [-0.2, 0) is 35.1 Å². The maximum Gasteiger partial charge on any atom is 0.336 e. The molecule has 0 aromatic heterocycles. The van der Waals surface area contributed by atoms with Crippen LogP contribution in [0.1, 0.15) is 52.8 Å². The number of nitrogens with two attached hydrogens (primary N) is 2. The first-order chi connectivity index (χ1) is 23.7. The number of rotatable bonds is 16. The minimum atomic E-state index is -5.20. The fourth-order valence-corrected chi connectivity index (χ4v) is 7.92. The number of carbonyl (C=O) groups excluding carboxylic acids is 1. The number of carboxylic acids is 2. The number of sulfonamides is 1. The van der Waals surface area contributed by atoms with E-state index in [1.54, 1.807) is 0 Å². The number of nitrogens with one attached hydrogen (secondary N) is 2. The molecule has 0 unspecified atom stereocenters. The minimum absolute atomic E-state index is 0.0387. The predicted octanol–water partition coefficient (Wildman–Crippen LogP) is 0.323. The molecular weight excluding hydrogens is 737 g/mol. The van der Waals surface area contributed by atoms with Crippen LogP contribution in [0, 0.1) is 0 Å². The number of anilines is 1. The monoisotopic (exact) mass is 769 g/mol. The lowest BCUT2D eigenvalue weighted by Gasteiger charge is -2.20. The second-order valence-electron chi connectivity index (χ2n) is 11.2. The van der Waals surface area contributed by atoms with E-state index in [0.717, 1.165) is 18.2 Å². The number of unbranched alkanes of at least 4 members (excludes halogenated alkanes) is 2. The Kier molecular flexibility index (Phi) is 11.5. The standard InChI is InChI=1S/C30H32N4O14S3/c31-21-10-8-18-24(20-15-16(6-7-17(20)30(38)39)29(37)33-12-3-1-2-5-23(35)36)19-9-11-22(32)28(51(45,46)47)26(19)48-25(18)27(21)50(43,44)34-13-4-14-49(40,41)42/h6-11,15,31,34H,1-5,12-14,32H2,(H,33,37)(H,35,36)(H,38,39)(H,40,41,42)(H,45,46,47)/p+1. The van der Waals surface area contributed by atoms with Gasteiger partial charge in [0, 0.05) is 47.7 Å². The fraction of sp³-hybridized carbons (Fsp3) is 0.267. The van der Waals surface area contributed by atoms with E-state index in [4.69, 9.17) is 25.2 Å². The average Bonchev–Trinajstić information content (AvgIpc) is 3.01. The van der Waals surface area contributed by atoms with E-state index < -0.39 is 98.1 Å². The van der Waals surface area contributed by atoms with Crippen LogP contribution in [0.3, 0.4) is 0 Å². The summed E-state index contributed by atoms with van der Waals surface area (Å²) in [4.78, 5) is 34.7. The SMILES string of the molecule is Nc1ccc2c(-c3cc(C(=O)NCCCCCC(=O)O)ccc3C(=O)O)c3ccc(=[NH2+])c(S(=O)(=O)NCCCS(=O)(=O)O)c-3oc2c1S(=O)(=O)O. The highest BCUT2D eigenvalue weighted by molar-refractivity contribution is 7.89. The van der Waals surface area contributed by atoms with Crippen LogP contribution in [-0.4, -0.2) is 81.3 Å². The number of amides is 1. The molecule has 1 heterocycles. The molecule has 18 nitrogen and oxygen atoms in total. The van der Waals surface area contributed by atoms with Gasteiger partial charge < -0.3 is 25.7 Å². The summed E-state index contributed by atoms with van der Waals surface area (Å²) in [6.07, 6.45) is 0.932. The van der Waals surface area contributed by atoms with Crippen LogP contribution in [0.4, 0.5) is 5.69 Å². The van der Waals surface area contributed by atoms with Crippen molar-refractivity contribution in [2.75, 3.05) is 24.6 Å². The van der Waals surface area contributed by atoms with E-state index in [0.29, 0.717) is 19.3 Å². The smallest absolute Gasteiger partial charge is 0.336 e. The van der Waals surface area contributed by atoms with Gasteiger partial charge in [-0.05, 0) is 61.2 Å². The van der Waals surface area contributed by atoms with E-state index in [2.05, 4.69) is 10.0 Å². The van der Waals surface area contributed by atoms with Crippen LogP contribution in [0.15, 0.2) is 56.7 Å². The molecule has 0 saturated carbocycles. The predicted molar refractivity (Wildman–Crippen MR) is 179 cm³/mol. The van der Waals surface area contributed by atoms with E-state index in [1.807, 2.05) is 0 Å². The fourth-order valence-electron chi connectivity index (χ4n) is 5.33. The van der Waals surface area contributed by atoms with Crippen molar-refractivity contribution in [3.05, 3.63) is 58.9 Å². The first-order valence-electron chi connectivity index (χ1n) is 14.9. The van der Waals surface area contributed by atoms with Gasteiger partial charge in [0.25, 0.3) is 36.2 Å². The average molecular weight is 770 g/mol. The third kappa shape index (κ3) is 9.06. The van der Waals surface area contributed by atoms with Crippen molar-refractivity contribution in [1.29, 1.82) is 0 Å². The molecule has 0 atom stereocenters. The first kappa shape index (κ1) is 38.9. The maximum atomic E-state index is 13.6. The molecule has 10 N–H and O–H groups in total. The van der Waals surface area contributed by atoms with Crippen molar-refractivity contribution >= 4 is 64.8 Å². The van der Waals surface area contributed by atoms with Gasteiger partial charge in [-0.2, -0.15) is 16.8 Å². The molecule has 0 radical (unpaired) electrons. The molecule has 51 heavy (non-hydrogen) atoms. The van der Waals surface area contributed by atoms with Crippen LogP contribution < -0.4 is 26.5 Å². The Labute approximate surface area is 290 Å². The Morgan fingerprint density at radius 2 is 1.53 bits per heavy atom. The molecular formula is C30H33N4O14S3+. The number of carboxylic acid groups (broad SMARTS) is 2. The quantitative estimate of drug-likeness (QED) is 0.0329. The molecule has 2 aromatic carbocycles. The Morgan fingerprint density at radius 1 is 0.824 bits per heavy atom. The summed E-state index contributed by atoms with van der Waals surface area (Å²) < 4.78 is 102. The molecule has 1 aliphatic carbocycles. The summed E-state index contributed by atoms with van der Waals surface area (Å²) in [5.41, 5.74) is 3.72. The zero-order valence-corrected chi connectivity index (χ0v) is 28.9. The molecule has 21 heteroatoms. The number of fused-ring (bicyclic) bond motifs is 2. The van der Waals surface area contributed by atoms with Crippen molar-refractivity contribution in [3.8, 4) is 22.5 Å². The van der Waals surface area contributed by atoms with Crippen LogP contribution in [0.25, 0.3) is 33.4 Å². The normalized spacial score (nSPS) is 12.3. The lowest BCUT2D eigenvalue weighted by molar-refractivity contribution is -0.176. The number of benzene rings is 3. The number of hydrogen-bond donors (Lipinski definition) is 8. The summed E-state index contributed by atoms with van der Waals surface area (Å²) in [6, 6.07) is 8.24. The van der Waals surface area contributed by atoms with Gasteiger partial charge in [-0.1, -0.05) is 6.42 Å². The Balaban J connectivity index is 1.98. The third-order valence-corrected chi connectivity index (χ3v) is 10.8. The number of nitrogen functional groups attached to an aromatic ring is 1. The molecule has 0 saturated heterocycles. The Bertz CT molecular complexity index is 2410. The number of aromatic carboxylic acids is 1. The lowest BCUT2D eigenvalue weighted by Crippen LogP contribution is -2.49. The van der Waals surface area contributed by atoms with Crippen LogP contribution in [0.5, 0.6) is 0 Å². The van der Waals surface area contributed by atoms with Gasteiger partial charge in [0.2, 0.25) is 5.36 Å². The highest BCUT2D eigenvalue weighted by Crippen LogP contribution is 2.45. The van der Waals surface area contributed by atoms with Gasteiger partial charge in [0.15, 0.2) is 21.1 Å². The van der Waals surface area contributed by atoms with Crippen molar-refractivity contribution < 1.29 is 68.8 Å².